The Morgan fingerprint density at radius 1 is 1.36 bits per heavy atom. The van der Waals surface area contributed by atoms with E-state index in [1.165, 1.54) is 4.31 Å². The predicted octanol–water partition coefficient (Wildman–Crippen LogP) is 2.58. The first kappa shape index (κ1) is 17.3. The van der Waals surface area contributed by atoms with Gasteiger partial charge in [-0.05, 0) is 43.5 Å². The highest BCUT2D eigenvalue weighted by molar-refractivity contribution is 9.10. The molecule has 1 amide bonds. The maximum atomic E-state index is 12.2. The maximum Gasteiger partial charge on any atom is 0.240 e. The highest BCUT2D eigenvalue weighted by Gasteiger charge is 2.24. The molecule has 1 aliphatic rings. The van der Waals surface area contributed by atoms with Gasteiger partial charge in [-0.25, -0.2) is 8.42 Å². The number of sulfonamides is 1. The molecule has 0 saturated heterocycles. The van der Waals surface area contributed by atoms with Gasteiger partial charge in [0.05, 0.1) is 11.9 Å². The smallest absolute Gasteiger partial charge is 0.240 e. The van der Waals surface area contributed by atoms with Crippen molar-refractivity contribution in [2.45, 2.75) is 38.6 Å². The Hall–Kier alpha value is -1.08. The van der Waals surface area contributed by atoms with Crippen LogP contribution in [0.5, 0.6) is 0 Å². The van der Waals surface area contributed by atoms with Gasteiger partial charge in [-0.1, -0.05) is 28.8 Å². The number of halogens is 1. The lowest BCUT2D eigenvalue weighted by atomic mass is 10.2. The highest BCUT2D eigenvalue weighted by atomic mass is 79.9. The van der Waals surface area contributed by atoms with E-state index < -0.39 is 10.0 Å². The summed E-state index contributed by atoms with van der Waals surface area (Å²) in [5.74, 6) is -0.250. The van der Waals surface area contributed by atoms with Crippen molar-refractivity contribution in [3.63, 3.8) is 0 Å². The summed E-state index contributed by atoms with van der Waals surface area (Å²) in [5.41, 5.74) is 1.33. The van der Waals surface area contributed by atoms with Gasteiger partial charge in [-0.15, -0.1) is 0 Å². The summed E-state index contributed by atoms with van der Waals surface area (Å²) in [6, 6.07) is 5.50. The molecule has 5 nitrogen and oxygen atoms in total. The van der Waals surface area contributed by atoms with Crippen molar-refractivity contribution >= 4 is 37.5 Å². The third kappa shape index (κ3) is 4.46. The maximum absolute atomic E-state index is 12.2. The minimum Gasteiger partial charge on any atom is -0.352 e. The molecule has 0 aromatic heterocycles. The average Bonchev–Trinajstić information content (AvgIpc) is 2.88. The Labute approximate surface area is 140 Å². The first-order valence-electron chi connectivity index (χ1n) is 7.30. The molecule has 1 fully saturated rings. The van der Waals surface area contributed by atoms with Crippen LogP contribution >= 0.6 is 15.9 Å². The average molecular weight is 389 g/mol. The summed E-state index contributed by atoms with van der Waals surface area (Å²) in [6.45, 7) is 1.64. The molecule has 0 unspecified atom stereocenters. The lowest BCUT2D eigenvalue weighted by molar-refractivity contribution is -0.120. The van der Waals surface area contributed by atoms with Crippen LogP contribution in [0, 0.1) is 6.92 Å². The van der Waals surface area contributed by atoms with E-state index in [2.05, 4.69) is 21.2 Å². The molecule has 1 saturated carbocycles. The van der Waals surface area contributed by atoms with Crippen LogP contribution in [0.2, 0.25) is 0 Å². The number of aryl methyl sites for hydroxylation is 1. The van der Waals surface area contributed by atoms with Gasteiger partial charge < -0.3 is 5.32 Å². The Bertz CT molecular complexity index is 655. The molecular weight excluding hydrogens is 368 g/mol. The number of nitrogens with one attached hydrogen (secondary N) is 1. The number of hydrogen-bond donors (Lipinski definition) is 1. The van der Waals surface area contributed by atoms with E-state index in [1.54, 1.807) is 12.1 Å². The summed E-state index contributed by atoms with van der Waals surface area (Å²) in [5, 5.41) is 2.93. The Balaban J connectivity index is 2.18. The first-order valence-corrected chi connectivity index (χ1v) is 9.95. The van der Waals surface area contributed by atoms with Crippen LogP contribution in [0.15, 0.2) is 22.7 Å². The molecule has 2 rings (SSSR count). The van der Waals surface area contributed by atoms with Gasteiger partial charge in [0.2, 0.25) is 15.9 Å². The van der Waals surface area contributed by atoms with E-state index in [0.29, 0.717) is 5.69 Å². The Morgan fingerprint density at radius 2 is 2.00 bits per heavy atom. The number of hydrogen-bond acceptors (Lipinski definition) is 3. The summed E-state index contributed by atoms with van der Waals surface area (Å²) in [6.07, 6.45) is 5.31. The van der Waals surface area contributed by atoms with Crippen molar-refractivity contribution in [1.82, 2.24) is 5.32 Å². The number of carbonyl (C=O) groups excluding carboxylic acids is 1. The molecule has 22 heavy (non-hydrogen) atoms. The zero-order valence-corrected chi connectivity index (χ0v) is 15.2. The van der Waals surface area contributed by atoms with E-state index >= 15 is 0 Å². The quantitative estimate of drug-likeness (QED) is 0.842. The second-order valence-electron chi connectivity index (χ2n) is 5.75. The van der Waals surface area contributed by atoms with Crippen molar-refractivity contribution in [1.29, 1.82) is 0 Å². The van der Waals surface area contributed by atoms with E-state index in [1.807, 2.05) is 13.0 Å². The molecule has 122 valence electrons. The van der Waals surface area contributed by atoms with Crippen molar-refractivity contribution < 1.29 is 13.2 Å². The van der Waals surface area contributed by atoms with Gasteiger partial charge in [0, 0.05) is 10.5 Å². The summed E-state index contributed by atoms with van der Waals surface area (Å²) in [7, 11) is -3.52. The zero-order valence-electron chi connectivity index (χ0n) is 12.8. The van der Waals surface area contributed by atoms with Crippen molar-refractivity contribution in [3.8, 4) is 0 Å². The van der Waals surface area contributed by atoms with Crippen molar-refractivity contribution in [2.24, 2.45) is 0 Å². The number of nitrogens with zero attached hydrogens (tertiary/aromatic N) is 1. The van der Waals surface area contributed by atoms with Crippen molar-refractivity contribution in [3.05, 3.63) is 28.2 Å². The second kappa shape index (κ2) is 7.00. The van der Waals surface area contributed by atoms with E-state index in [9.17, 15) is 13.2 Å². The normalized spacial score (nSPS) is 15.8. The number of rotatable bonds is 5. The number of amides is 1. The van der Waals surface area contributed by atoms with Gasteiger partial charge >= 0.3 is 0 Å². The Kier molecular flexibility index (Phi) is 5.50. The lowest BCUT2D eigenvalue weighted by Crippen LogP contribution is -2.43. The second-order valence-corrected chi connectivity index (χ2v) is 8.57. The van der Waals surface area contributed by atoms with E-state index in [0.717, 1.165) is 42.0 Å². The topological polar surface area (TPSA) is 66.5 Å². The molecule has 1 aromatic rings. The summed E-state index contributed by atoms with van der Waals surface area (Å²) >= 11 is 3.36. The number of carbonyl (C=O) groups is 1. The largest absolute Gasteiger partial charge is 0.352 e. The van der Waals surface area contributed by atoms with Crippen LogP contribution in [0.4, 0.5) is 5.69 Å². The minimum atomic E-state index is -3.52. The van der Waals surface area contributed by atoms with Gasteiger partial charge in [-0.3, -0.25) is 9.10 Å². The molecule has 0 bridgehead atoms. The van der Waals surface area contributed by atoms with E-state index in [4.69, 9.17) is 0 Å². The fourth-order valence-electron chi connectivity index (χ4n) is 2.75. The zero-order chi connectivity index (χ0) is 16.3. The molecule has 7 heteroatoms. The molecule has 0 heterocycles. The van der Waals surface area contributed by atoms with Gasteiger partial charge in [0.15, 0.2) is 0 Å². The molecular formula is C15H21BrN2O3S. The molecule has 1 N–H and O–H groups in total. The lowest BCUT2D eigenvalue weighted by Gasteiger charge is -2.24. The van der Waals surface area contributed by atoms with Gasteiger partial charge in [0.1, 0.15) is 6.54 Å². The molecule has 1 aromatic carbocycles. The predicted molar refractivity (Wildman–Crippen MR) is 91.5 cm³/mol. The first-order chi connectivity index (χ1) is 10.3. The van der Waals surface area contributed by atoms with Gasteiger partial charge in [-0.2, -0.15) is 0 Å². The van der Waals surface area contributed by atoms with Crippen LogP contribution in [0.3, 0.4) is 0 Å². The number of benzene rings is 1. The monoisotopic (exact) mass is 388 g/mol. The third-order valence-electron chi connectivity index (χ3n) is 3.84. The van der Waals surface area contributed by atoms with Gasteiger partial charge in [0.25, 0.3) is 0 Å². The fourth-order valence-corrected chi connectivity index (χ4v) is 4.14. The number of anilines is 1. The molecule has 1 aliphatic carbocycles. The van der Waals surface area contributed by atoms with Crippen LogP contribution in [0.1, 0.15) is 31.2 Å². The van der Waals surface area contributed by atoms with Crippen LogP contribution in [-0.2, 0) is 14.8 Å². The fraction of sp³-hybridized carbons (Fsp3) is 0.533. The SMILES string of the molecule is Cc1cc(Br)ccc1N(CC(=O)NC1CCCC1)S(C)(=O)=O. The third-order valence-corrected chi connectivity index (χ3v) is 5.46. The molecule has 0 atom stereocenters. The summed E-state index contributed by atoms with van der Waals surface area (Å²) in [4.78, 5) is 12.2. The standard InChI is InChI=1S/C15H21BrN2O3S/c1-11-9-12(16)7-8-14(11)18(22(2,20)21)10-15(19)17-13-5-3-4-6-13/h7-9,13H,3-6,10H2,1-2H3,(H,17,19). The Morgan fingerprint density at radius 3 is 2.55 bits per heavy atom. The molecule has 0 aliphatic heterocycles. The molecule has 0 radical (unpaired) electrons. The van der Waals surface area contributed by atoms with E-state index in [-0.39, 0.29) is 18.5 Å². The van der Waals surface area contributed by atoms with Crippen LogP contribution in [-0.4, -0.2) is 33.2 Å². The minimum absolute atomic E-state index is 0.180. The van der Waals surface area contributed by atoms with Crippen LogP contribution < -0.4 is 9.62 Å². The van der Waals surface area contributed by atoms with Crippen molar-refractivity contribution in [2.75, 3.05) is 17.1 Å². The summed E-state index contributed by atoms with van der Waals surface area (Å²) < 4.78 is 26.2. The van der Waals surface area contributed by atoms with Crippen LogP contribution in [0.25, 0.3) is 0 Å². The molecule has 0 spiro atoms. The highest BCUT2D eigenvalue weighted by Crippen LogP contribution is 2.25.